The van der Waals surface area contributed by atoms with Crippen LogP contribution >= 0.6 is 0 Å². The first kappa shape index (κ1) is 13.0. The number of piperidine rings is 1. The number of nitrogens with zero attached hydrogens (tertiary/aromatic N) is 1. The minimum atomic E-state index is -3.26. The van der Waals surface area contributed by atoms with Crippen LogP contribution in [-0.4, -0.2) is 47.2 Å². The van der Waals surface area contributed by atoms with Gasteiger partial charge in [-0.1, -0.05) is 0 Å². The summed E-state index contributed by atoms with van der Waals surface area (Å²) >= 11 is 0. The smallest absolute Gasteiger partial charge is 0.264 e. The Morgan fingerprint density at radius 2 is 2.00 bits per heavy atom. The SMILES string of the molecule is [B]N1CCC(CCCOS(C)(=O)=O)CC1. The predicted molar refractivity (Wildman–Crippen MR) is 60.1 cm³/mol. The van der Waals surface area contributed by atoms with Crippen LogP contribution in [0.5, 0.6) is 0 Å². The summed E-state index contributed by atoms with van der Waals surface area (Å²) in [4.78, 5) is 1.84. The molecule has 0 saturated carbocycles. The van der Waals surface area contributed by atoms with Crippen LogP contribution in [0, 0.1) is 5.92 Å². The molecule has 0 aliphatic carbocycles. The van der Waals surface area contributed by atoms with Crippen molar-refractivity contribution in [2.75, 3.05) is 26.0 Å². The van der Waals surface area contributed by atoms with E-state index in [2.05, 4.69) is 4.18 Å². The summed E-state index contributed by atoms with van der Waals surface area (Å²) < 4.78 is 26.0. The van der Waals surface area contributed by atoms with Crippen LogP contribution in [0.1, 0.15) is 25.7 Å². The standard InChI is InChI=1S/C9H18BNO3S/c1-15(12,13)14-8-2-3-9-4-6-11(10)7-5-9/h9H,2-8H2,1H3. The van der Waals surface area contributed by atoms with Gasteiger partial charge in [-0.15, -0.1) is 0 Å². The van der Waals surface area contributed by atoms with E-state index in [9.17, 15) is 8.42 Å². The Bertz CT molecular complexity index is 273. The van der Waals surface area contributed by atoms with Crippen LogP contribution in [0.4, 0.5) is 0 Å². The quantitative estimate of drug-likeness (QED) is 0.393. The zero-order valence-corrected chi connectivity index (χ0v) is 10.0. The van der Waals surface area contributed by atoms with E-state index in [0.29, 0.717) is 12.5 Å². The van der Waals surface area contributed by atoms with Gasteiger partial charge in [0.25, 0.3) is 10.1 Å². The second-order valence-corrected chi connectivity index (χ2v) is 5.79. The molecule has 0 aromatic heterocycles. The molecule has 0 N–H and O–H groups in total. The molecule has 1 rings (SSSR count). The molecule has 0 aromatic carbocycles. The Labute approximate surface area is 93.5 Å². The maximum Gasteiger partial charge on any atom is 0.264 e. The van der Waals surface area contributed by atoms with E-state index >= 15 is 0 Å². The lowest BCUT2D eigenvalue weighted by atomic mass is 9.91. The monoisotopic (exact) mass is 231 g/mol. The average Bonchev–Trinajstić information content (AvgIpc) is 2.14. The fraction of sp³-hybridized carbons (Fsp3) is 1.00. The first-order valence-corrected chi connectivity index (χ1v) is 7.13. The molecule has 4 nitrogen and oxygen atoms in total. The molecule has 0 aromatic rings. The summed E-state index contributed by atoms with van der Waals surface area (Å²) in [7, 11) is 2.37. The topological polar surface area (TPSA) is 46.6 Å². The van der Waals surface area contributed by atoms with E-state index in [0.717, 1.165) is 45.0 Å². The first-order chi connectivity index (χ1) is 6.97. The highest BCUT2D eigenvalue weighted by Crippen LogP contribution is 2.20. The minimum Gasteiger partial charge on any atom is -0.353 e. The van der Waals surface area contributed by atoms with Crippen LogP contribution in [-0.2, 0) is 14.3 Å². The Morgan fingerprint density at radius 3 is 2.53 bits per heavy atom. The predicted octanol–water partition coefficient (Wildman–Crippen LogP) is 0.538. The Morgan fingerprint density at radius 1 is 1.40 bits per heavy atom. The lowest BCUT2D eigenvalue weighted by molar-refractivity contribution is 0.245. The molecule has 15 heavy (non-hydrogen) atoms. The van der Waals surface area contributed by atoms with Gasteiger partial charge in [0.1, 0.15) is 0 Å². The van der Waals surface area contributed by atoms with Crippen molar-refractivity contribution in [2.45, 2.75) is 25.7 Å². The van der Waals surface area contributed by atoms with Crippen LogP contribution in [0.15, 0.2) is 0 Å². The summed E-state index contributed by atoms with van der Waals surface area (Å²) in [5.74, 6) is 0.674. The highest BCUT2D eigenvalue weighted by atomic mass is 32.2. The number of hydrogen-bond donors (Lipinski definition) is 0. The second kappa shape index (κ2) is 5.87. The summed E-state index contributed by atoms with van der Waals surface area (Å²) in [6.45, 7) is 2.19. The van der Waals surface area contributed by atoms with E-state index < -0.39 is 10.1 Å². The van der Waals surface area contributed by atoms with Crippen molar-refractivity contribution >= 4 is 18.1 Å². The van der Waals surface area contributed by atoms with Crippen molar-refractivity contribution in [1.82, 2.24) is 4.81 Å². The molecule has 0 bridgehead atoms. The van der Waals surface area contributed by atoms with Crippen molar-refractivity contribution in [1.29, 1.82) is 0 Å². The Kier molecular flexibility index (Phi) is 5.09. The van der Waals surface area contributed by atoms with Gasteiger partial charge in [-0.25, -0.2) is 0 Å². The number of hydrogen-bond acceptors (Lipinski definition) is 4. The molecule has 0 unspecified atom stereocenters. The molecule has 1 fully saturated rings. The van der Waals surface area contributed by atoms with Crippen LogP contribution in [0.25, 0.3) is 0 Å². The maximum atomic E-state index is 10.7. The fourth-order valence-corrected chi connectivity index (χ4v) is 2.24. The summed E-state index contributed by atoms with van der Waals surface area (Å²) in [6.07, 6.45) is 5.14. The lowest BCUT2D eigenvalue weighted by Gasteiger charge is -2.29. The van der Waals surface area contributed by atoms with Gasteiger partial charge in [0.05, 0.1) is 12.9 Å². The Balaban J connectivity index is 2.06. The summed E-state index contributed by atoms with van der Waals surface area (Å²) in [5.41, 5.74) is 0. The van der Waals surface area contributed by atoms with Crippen molar-refractivity contribution in [3.05, 3.63) is 0 Å². The van der Waals surface area contributed by atoms with Gasteiger partial charge >= 0.3 is 0 Å². The van der Waals surface area contributed by atoms with Crippen LogP contribution in [0.2, 0.25) is 0 Å². The third-order valence-corrected chi connectivity index (χ3v) is 3.30. The molecule has 86 valence electrons. The van der Waals surface area contributed by atoms with Crippen molar-refractivity contribution in [3.63, 3.8) is 0 Å². The van der Waals surface area contributed by atoms with Gasteiger partial charge in [-0.3, -0.25) is 4.18 Å². The third-order valence-electron chi connectivity index (χ3n) is 2.70. The molecule has 1 aliphatic heterocycles. The lowest BCUT2D eigenvalue weighted by Crippen LogP contribution is -2.31. The number of rotatable bonds is 5. The van der Waals surface area contributed by atoms with Gasteiger partial charge in [-0.05, 0) is 44.7 Å². The zero-order chi connectivity index (χ0) is 11.3. The molecular formula is C9H18BNO3S. The Hall–Kier alpha value is -0.0651. The molecule has 6 heteroatoms. The van der Waals surface area contributed by atoms with Crippen molar-refractivity contribution < 1.29 is 12.6 Å². The maximum absolute atomic E-state index is 10.7. The van der Waals surface area contributed by atoms with Gasteiger partial charge < -0.3 is 4.81 Å². The molecule has 1 saturated heterocycles. The zero-order valence-electron chi connectivity index (χ0n) is 9.18. The van der Waals surface area contributed by atoms with Gasteiger partial charge in [0.15, 0.2) is 7.98 Å². The van der Waals surface area contributed by atoms with Crippen LogP contribution in [0.3, 0.4) is 0 Å². The second-order valence-electron chi connectivity index (χ2n) is 4.15. The molecule has 0 spiro atoms. The normalized spacial score (nSPS) is 20.6. The molecule has 1 aliphatic rings. The highest BCUT2D eigenvalue weighted by Gasteiger charge is 2.15. The highest BCUT2D eigenvalue weighted by molar-refractivity contribution is 7.85. The molecular weight excluding hydrogens is 213 g/mol. The van der Waals surface area contributed by atoms with Gasteiger partial charge in [0.2, 0.25) is 0 Å². The summed E-state index contributed by atoms with van der Waals surface area (Å²) in [5, 5.41) is 0. The molecule has 2 radical (unpaired) electrons. The molecule has 1 heterocycles. The molecule has 0 amide bonds. The average molecular weight is 231 g/mol. The van der Waals surface area contributed by atoms with Crippen LogP contribution < -0.4 is 0 Å². The van der Waals surface area contributed by atoms with E-state index in [1.807, 2.05) is 4.81 Å². The minimum absolute atomic E-state index is 0.307. The van der Waals surface area contributed by atoms with E-state index in [1.54, 1.807) is 0 Å². The van der Waals surface area contributed by atoms with E-state index in [4.69, 9.17) is 7.98 Å². The van der Waals surface area contributed by atoms with Gasteiger partial charge in [-0.2, -0.15) is 8.42 Å². The largest absolute Gasteiger partial charge is 0.353 e. The molecule has 0 atom stereocenters. The summed E-state index contributed by atoms with van der Waals surface area (Å²) in [6, 6.07) is 0. The first-order valence-electron chi connectivity index (χ1n) is 5.31. The van der Waals surface area contributed by atoms with E-state index in [-0.39, 0.29) is 0 Å². The van der Waals surface area contributed by atoms with E-state index in [1.165, 1.54) is 0 Å². The van der Waals surface area contributed by atoms with Gasteiger partial charge in [0, 0.05) is 0 Å². The van der Waals surface area contributed by atoms with Crippen molar-refractivity contribution in [2.24, 2.45) is 5.92 Å². The van der Waals surface area contributed by atoms with Crippen molar-refractivity contribution in [3.8, 4) is 0 Å². The third kappa shape index (κ3) is 6.17. The fourth-order valence-electron chi connectivity index (χ4n) is 1.82.